The molecule has 1 aromatic carbocycles. The number of rotatable bonds is 5. The Balaban J connectivity index is 2.09. The van der Waals surface area contributed by atoms with Gasteiger partial charge in [0.2, 0.25) is 0 Å². The van der Waals surface area contributed by atoms with E-state index in [4.69, 9.17) is 4.98 Å². The summed E-state index contributed by atoms with van der Waals surface area (Å²) in [5.41, 5.74) is 2.93. The van der Waals surface area contributed by atoms with Gasteiger partial charge in [0.1, 0.15) is 5.82 Å². The molecule has 0 atom stereocenters. The summed E-state index contributed by atoms with van der Waals surface area (Å²) in [6.07, 6.45) is 2.27. The highest BCUT2D eigenvalue weighted by Gasteiger charge is 2.11. The SMILES string of the molecule is CCCCNc1nc(-n2nc(C)cc2C)nc2ccccc12. The molecule has 0 aliphatic carbocycles. The Labute approximate surface area is 130 Å². The summed E-state index contributed by atoms with van der Waals surface area (Å²) in [6.45, 7) is 7.09. The Bertz CT molecular complexity index is 791. The molecule has 0 radical (unpaired) electrons. The lowest BCUT2D eigenvalue weighted by molar-refractivity contribution is 0.777. The summed E-state index contributed by atoms with van der Waals surface area (Å²) in [5, 5.41) is 8.97. The third-order valence-corrected chi connectivity index (χ3v) is 3.61. The Morgan fingerprint density at radius 1 is 1.14 bits per heavy atom. The zero-order valence-corrected chi connectivity index (χ0v) is 13.3. The van der Waals surface area contributed by atoms with Crippen molar-refractivity contribution < 1.29 is 0 Å². The molecule has 2 aromatic heterocycles. The molecule has 1 N–H and O–H groups in total. The van der Waals surface area contributed by atoms with Crippen LogP contribution in [0.1, 0.15) is 31.2 Å². The highest BCUT2D eigenvalue weighted by atomic mass is 15.4. The van der Waals surface area contributed by atoms with E-state index in [1.165, 1.54) is 0 Å². The first-order valence-electron chi connectivity index (χ1n) is 7.73. The minimum Gasteiger partial charge on any atom is -0.369 e. The van der Waals surface area contributed by atoms with E-state index in [-0.39, 0.29) is 0 Å². The van der Waals surface area contributed by atoms with Crippen LogP contribution in [0.5, 0.6) is 0 Å². The summed E-state index contributed by atoms with van der Waals surface area (Å²) < 4.78 is 1.80. The fraction of sp³-hybridized carbons (Fsp3) is 0.353. The van der Waals surface area contributed by atoms with Gasteiger partial charge in [-0.1, -0.05) is 25.5 Å². The molecule has 0 amide bonds. The van der Waals surface area contributed by atoms with E-state index < -0.39 is 0 Å². The van der Waals surface area contributed by atoms with Crippen LogP contribution >= 0.6 is 0 Å². The molecule has 5 heteroatoms. The molecular formula is C17H21N5. The smallest absolute Gasteiger partial charge is 0.253 e. The van der Waals surface area contributed by atoms with Crippen molar-refractivity contribution in [2.45, 2.75) is 33.6 Å². The molecule has 0 saturated heterocycles. The maximum Gasteiger partial charge on any atom is 0.253 e. The van der Waals surface area contributed by atoms with Gasteiger partial charge in [-0.3, -0.25) is 0 Å². The monoisotopic (exact) mass is 295 g/mol. The first kappa shape index (κ1) is 14.5. The molecule has 3 aromatic rings. The van der Waals surface area contributed by atoms with Gasteiger partial charge >= 0.3 is 0 Å². The minimum atomic E-state index is 0.614. The molecule has 0 aliphatic heterocycles. The lowest BCUT2D eigenvalue weighted by Crippen LogP contribution is -2.10. The second-order valence-corrected chi connectivity index (χ2v) is 5.51. The lowest BCUT2D eigenvalue weighted by Gasteiger charge is -2.11. The predicted octanol–water partition coefficient (Wildman–Crippen LogP) is 3.64. The second-order valence-electron chi connectivity index (χ2n) is 5.51. The van der Waals surface area contributed by atoms with E-state index >= 15 is 0 Å². The van der Waals surface area contributed by atoms with Crippen LogP contribution in [-0.2, 0) is 0 Å². The molecule has 0 fully saturated rings. The molecule has 0 saturated carbocycles. The van der Waals surface area contributed by atoms with Crippen LogP contribution in [0.4, 0.5) is 5.82 Å². The molecule has 5 nitrogen and oxygen atoms in total. The molecule has 3 rings (SSSR count). The van der Waals surface area contributed by atoms with Crippen LogP contribution in [0.25, 0.3) is 16.9 Å². The van der Waals surface area contributed by atoms with Gasteiger partial charge in [0, 0.05) is 17.6 Å². The number of nitrogens with zero attached hydrogens (tertiary/aromatic N) is 4. The number of aryl methyl sites for hydroxylation is 2. The zero-order valence-electron chi connectivity index (χ0n) is 13.3. The van der Waals surface area contributed by atoms with Crippen molar-refractivity contribution in [1.82, 2.24) is 19.7 Å². The van der Waals surface area contributed by atoms with Gasteiger partial charge in [0.05, 0.1) is 11.2 Å². The lowest BCUT2D eigenvalue weighted by atomic mass is 10.2. The van der Waals surface area contributed by atoms with Crippen LogP contribution in [0, 0.1) is 13.8 Å². The summed E-state index contributed by atoms with van der Waals surface area (Å²) in [4.78, 5) is 9.35. The van der Waals surface area contributed by atoms with Crippen LogP contribution in [0.15, 0.2) is 30.3 Å². The molecular weight excluding hydrogens is 274 g/mol. The molecule has 114 valence electrons. The van der Waals surface area contributed by atoms with Crippen LogP contribution in [0.3, 0.4) is 0 Å². The van der Waals surface area contributed by atoms with Crippen molar-refractivity contribution in [3.05, 3.63) is 41.7 Å². The van der Waals surface area contributed by atoms with Crippen molar-refractivity contribution in [3.8, 4) is 5.95 Å². The number of unbranched alkanes of at least 4 members (excludes halogenated alkanes) is 1. The highest BCUT2D eigenvalue weighted by molar-refractivity contribution is 5.89. The average molecular weight is 295 g/mol. The maximum absolute atomic E-state index is 4.70. The Kier molecular flexibility index (Phi) is 4.04. The fourth-order valence-corrected chi connectivity index (χ4v) is 2.51. The quantitative estimate of drug-likeness (QED) is 0.730. The topological polar surface area (TPSA) is 55.6 Å². The van der Waals surface area contributed by atoms with Crippen molar-refractivity contribution in [3.63, 3.8) is 0 Å². The van der Waals surface area contributed by atoms with Gasteiger partial charge in [-0.25, -0.2) is 9.67 Å². The number of fused-ring (bicyclic) bond motifs is 1. The van der Waals surface area contributed by atoms with Crippen molar-refractivity contribution in [2.75, 3.05) is 11.9 Å². The van der Waals surface area contributed by atoms with E-state index in [2.05, 4.69) is 28.4 Å². The number of nitrogens with one attached hydrogen (secondary N) is 1. The predicted molar refractivity (Wildman–Crippen MR) is 89.5 cm³/mol. The third-order valence-electron chi connectivity index (χ3n) is 3.61. The van der Waals surface area contributed by atoms with E-state index in [0.717, 1.165) is 47.5 Å². The summed E-state index contributed by atoms with van der Waals surface area (Å²) >= 11 is 0. The van der Waals surface area contributed by atoms with Gasteiger partial charge in [-0.2, -0.15) is 10.1 Å². The van der Waals surface area contributed by atoms with Crippen LogP contribution < -0.4 is 5.32 Å². The number of hydrogen-bond donors (Lipinski definition) is 1. The maximum atomic E-state index is 4.70. The van der Waals surface area contributed by atoms with E-state index in [0.29, 0.717) is 5.95 Å². The Hall–Kier alpha value is -2.43. The number of hydrogen-bond acceptors (Lipinski definition) is 4. The van der Waals surface area contributed by atoms with Gasteiger partial charge in [0.15, 0.2) is 0 Å². The van der Waals surface area contributed by atoms with Crippen LogP contribution in [-0.4, -0.2) is 26.3 Å². The average Bonchev–Trinajstić information content (AvgIpc) is 2.86. The molecule has 0 unspecified atom stereocenters. The second kappa shape index (κ2) is 6.13. The van der Waals surface area contributed by atoms with Gasteiger partial charge in [0.25, 0.3) is 5.95 Å². The highest BCUT2D eigenvalue weighted by Crippen LogP contribution is 2.22. The number of para-hydroxylation sites is 1. The molecule has 22 heavy (non-hydrogen) atoms. The van der Waals surface area contributed by atoms with Crippen molar-refractivity contribution in [1.29, 1.82) is 0 Å². The first-order chi connectivity index (χ1) is 10.7. The largest absolute Gasteiger partial charge is 0.369 e. The first-order valence-corrected chi connectivity index (χ1v) is 7.73. The molecule has 0 bridgehead atoms. The number of aromatic nitrogens is 4. The van der Waals surface area contributed by atoms with Gasteiger partial charge in [-0.05, 0) is 38.5 Å². The Morgan fingerprint density at radius 3 is 2.68 bits per heavy atom. The van der Waals surface area contributed by atoms with Crippen LogP contribution in [0.2, 0.25) is 0 Å². The van der Waals surface area contributed by atoms with Crippen molar-refractivity contribution in [2.24, 2.45) is 0 Å². The summed E-state index contributed by atoms with van der Waals surface area (Å²) in [6, 6.07) is 10.1. The third kappa shape index (κ3) is 2.79. The summed E-state index contributed by atoms with van der Waals surface area (Å²) in [5.74, 6) is 1.49. The fourth-order valence-electron chi connectivity index (χ4n) is 2.51. The molecule has 2 heterocycles. The van der Waals surface area contributed by atoms with Crippen molar-refractivity contribution >= 4 is 16.7 Å². The van der Waals surface area contributed by atoms with E-state index in [1.807, 2.05) is 38.1 Å². The standard InChI is InChI=1S/C17H21N5/c1-4-5-10-18-16-14-8-6-7-9-15(14)19-17(20-16)22-13(3)11-12(2)21-22/h6-9,11H,4-5,10H2,1-3H3,(H,18,19,20). The zero-order chi connectivity index (χ0) is 15.5. The minimum absolute atomic E-state index is 0.614. The van der Waals surface area contributed by atoms with E-state index in [9.17, 15) is 0 Å². The number of anilines is 1. The molecule has 0 aliphatic rings. The number of benzene rings is 1. The van der Waals surface area contributed by atoms with E-state index in [1.54, 1.807) is 4.68 Å². The van der Waals surface area contributed by atoms with Gasteiger partial charge in [-0.15, -0.1) is 0 Å². The molecule has 0 spiro atoms. The normalized spacial score (nSPS) is 11.0. The summed E-state index contributed by atoms with van der Waals surface area (Å²) in [7, 11) is 0. The Morgan fingerprint density at radius 2 is 1.95 bits per heavy atom. The van der Waals surface area contributed by atoms with Gasteiger partial charge < -0.3 is 5.32 Å².